The van der Waals surface area contributed by atoms with Crippen LogP contribution in [0.5, 0.6) is 11.5 Å². The molecule has 9 heteroatoms. The van der Waals surface area contributed by atoms with Crippen LogP contribution >= 0.6 is 23.2 Å². The molecule has 0 fully saturated rings. The zero-order valence-corrected chi connectivity index (χ0v) is 20.6. The Labute approximate surface area is 213 Å². The van der Waals surface area contributed by atoms with E-state index in [4.69, 9.17) is 37.5 Å². The number of allylic oxidation sites excluding steroid dienone is 1. The smallest absolute Gasteiger partial charge is 0.269 e. The van der Waals surface area contributed by atoms with Crippen LogP contribution in [0.15, 0.2) is 72.4 Å². The number of benzene rings is 3. The predicted molar refractivity (Wildman–Crippen MR) is 138 cm³/mol. The highest BCUT2D eigenvalue weighted by Gasteiger charge is 2.14. The predicted octanol–water partition coefficient (Wildman–Crippen LogP) is 7.16. The summed E-state index contributed by atoms with van der Waals surface area (Å²) in [6.45, 7) is 6.55. The number of non-ortho nitro benzene ring substituents is 1. The van der Waals surface area contributed by atoms with Gasteiger partial charge in [-0.25, -0.2) is 0 Å². The lowest BCUT2D eigenvalue weighted by Gasteiger charge is -2.17. The summed E-state index contributed by atoms with van der Waals surface area (Å²) in [4.78, 5) is 15.8. The number of rotatable bonds is 12. The average Bonchev–Trinajstić information content (AvgIpc) is 2.84. The van der Waals surface area contributed by atoms with Gasteiger partial charge in [-0.05, 0) is 48.7 Å². The highest BCUT2D eigenvalue weighted by molar-refractivity contribution is 6.42. The minimum absolute atomic E-state index is 0.00182. The Morgan fingerprint density at radius 3 is 2.54 bits per heavy atom. The van der Waals surface area contributed by atoms with Crippen molar-refractivity contribution in [3.63, 3.8) is 0 Å². The quantitative estimate of drug-likeness (QED) is 0.111. The number of halogens is 2. The van der Waals surface area contributed by atoms with Crippen LogP contribution < -0.4 is 9.47 Å². The van der Waals surface area contributed by atoms with Gasteiger partial charge in [-0.3, -0.25) is 10.1 Å². The van der Waals surface area contributed by atoms with Crippen molar-refractivity contribution in [1.29, 1.82) is 0 Å². The molecule has 0 heterocycles. The van der Waals surface area contributed by atoms with E-state index in [2.05, 4.69) is 11.7 Å². The summed E-state index contributed by atoms with van der Waals surface area (Å²) in [6, 6.07) is 15.3. The Hall–Kier alpha value is -3.55. The molecule has 0 saturated carbocycles. The summed E-state index contributed by atoms with van der Waals surface area (Å²) >= 11 is 12.1. The van der Waals surface area contributed by atoms with Gasteiger partial charge in [0, 0.05) is 23.3 Å². The first kappa shape index (κ1) is 26.1. The van der Waals surface area contributed by atoms with E-state index in [9.17, 15) is 10.1 Å². The SMILES string of the molecule is C=CCc1cc(/C=N\OCc2cccc([N+](=O)[O-])c2)cc(OCC)c1OCc1ccc(Cl)c(Cl)c1. The number of nitro benzene ring substituents is 1. The van der Waals surface area contributed by atoms with E-state index in [1.807, 2.05) is 19.1 Å². The third-order valence-electron chi connectivity index (χ3n) is 4.81. The van der Waals surface area contributed by atoms with Gasteiger partial charge in [0.2, 0.25) is 0 Å². The Kier molecular flexibility index (Phi) is 9.52. The first-order chi connectivity index (χ1) is 16.9. The molecule has 0 atom stereocenters. The van der Waals surface area contributed by atoms with Crippen LogP contribution in [0.25, 0.3) is 0 Å². The van der Waals surface area contributed by atoms with Crippen molar-refractivity contribution in [3.8, 4) is 11.5 Å². The van der Waals surface area contributed by atoms with E-state index >= 15 is 0 Å². The molecule has 0 aliphatic rings. The third-order valence-corrected chi connectivity index (χ3v) is 5.55. The summed E-state index contributed by atoms with van der Waals surface area (Å²) in [5.74, 6) is 1.17. The lowest BCUT2D eigenvalue weighted by Crippen LogP contribution is -2.04. The van der Waals surface area contributed by atoms with E-state index in [-0.39, 0.29) is 18.9 Å². The van der Waals surface area contributed by atoms with Crippen molar-refractivity contribution in [2.75, 3.05) is 6.61 Å². The van der Waals surface area contributed by atoms with Crippen molar-refractivity contribution in [1.82, 2.24) is 0 Å². The zero-order valence-electron chi connectivity index (χ0n) is 19.1. The molecule has 3 aromatic rings. The van der Waals surface area contributed by atoms with Gasteiger partial charge < -0.3 is 14.3 Å². The molecule has 0 spiro atoms. The maximum absolute atomic E-state index is 10.9. The summed E-state index contributed by atoms with van der Waals surface area (Å²) in [7, 11) is 0. The Morgan fingerprint density at radius 2 is 1.83 bits per heavy atom. The molecule has 3 aromatic carbocycles. The van der Waals surface area contributed by atoms with E-state index in [1.54, 1.807) is 42.6 Å². The molecule has 0 radical (unpaired) electrons. The van der Waals surface area contributed by atoms with Crippen LogP contribution in [-0.4, -0.2) is 17.7 Å². The van der Waals surface area contributed by atoms with Crippen LogP contribution in [0.4, 0.5) is 5.69 Å². The molecular weight excluding hydrogens is 491 g/mol. The monoisotopic (exact) mass is 514 g/mol. The van der Waals surface area contributed by atoms with Gasteiger partial charge in [-0.15, -0.1) is 6.58 Å². The Balaban J connectivity index is 1.76. The van der Waals surface area contributed by atoms with Gasteiger partial charge in [-0.2, -0.15) is 0 Å². The summed E-state index contributed by atoms with van der Waals surface area (Å²) in [5.41, 5.74) is 3.12. The largest absolute Gasteiger partial charge is 0.490 e. The second-order valence-electron chi connectivity index (χ2n) is 7.41. The van der Waals surface area contributed by atoms with Crippen molar-refractivity contribution in [3.05, 3.63) is 110 Å². The fraction of sp³-hybridized carbons (Fsp3) is 0.192. The molecule has 0 aliphatic heterocycles. The van der Waals surface area contributed by atoms with Crippen molar-refractivity contribution in [2.24, 2.45) is 5.16 Å². The molecule has 0 aromatic heterocycles. The molecule has 3 rings (SSSR count). The van der Waals surface area contributed by atoms with Gasteiger partial charge >= 0.3 is 0 Å². The molecule has 182 valence electrons. The number of oxime groups is 1. The molecule has 0 amide bonds. The minimum Gasteiger partial charge on any atom is -0.490 e. The molecule has 7 nitrogen and oxygen atoms in total. The lowest BCUT2D eigenvalue weighted by molar-refractivity contribution is -0.384. The van der Waals surface area contributed by atoms with Crippen LogP contribution in [0.1, 0.15) is 29.2 Å². The van der Waals surface area contributed by atoms with Gasteiger partial charge in [0.25, 0.3) is 5.69 Å². The van der Waals surface area contributed by atoms with Gasteiger partial charge in [0.15, 0.2) is 11.5 Å². The fourth-order valence-electron chi connectivity index (χ4n) is 3.25. The molecule has 0 N–H and O–H groups in total. The molecule has 0 aliphatic carbocycles. The minimum atomic E-state index is -0.450. The Bertz CT molecular complexity index is 1230. The van der Waals surface area contributed by atoms with Gasteiger partial charge in [0.1, 0.15) is 13.2 Å². The van der Waals surface area contributed by atoms with Gasteiger partial charge in [-0.1, -0.05) is 52.6 Å². The van der Waals surface area contributed by atoms with Crippen LogP contribution in [-0.2, 0) is 24.5 Å². The molecule has 35 heavy (non-hydrogen) atoms. The molecule has 0 unspecified atom stereocenters. The summed E-state index contributed by atoms with van der Waals surface area (Å²) in [6.07, 6.45) is 3.87. The van der Waals surface area contributed by atoms with Crippen LogP contribution in [0.2, 0.25) is 10.0 Å². The van der Waals surface area contributed by atoms with Crippen LogP contribution in [0.3, 0.4) is 0 Å². The second-order valence-corrected chi connectivity index (χ2v) is 8.22. The first-order valence-corrected chi connectivity index (χ1v) is 11.5. The molecule has 0 bridgehead atoms. The maximum Gasteiger partial charge on any atom is 0.269 e. The van der Waals surface area contributed by atoms with Crippen LogP contribution in [0, 0.1) is 10.1 Å². The van der Waals surface area contributed by atoms with E-state index in [0.29, 0.717) is 40.1 Å². The van der Waals surface area contributed by atoms with Gasteiger partial charge in [0.05, 0.1) is 27.8 Å². The fourth-order valence-corrected chi connectivity index (χ4v) is 3.57. The number of hydrogen-bond donors (Lipinski definition) is 0. The number of ether oxygens (including phenoxy) is 2. The maximum atomic E-state index is 10.9. The van der Waals surface area contributed by atoms with E-state index in [0.717, 1.165) is 16.7 Å². The van der Waals surface area contributed by atoms with Crippen molar-refractivity contribution >= 4 is 35.1 Å². The average molecular weight is 515 g/mol. The lowest BCUT2D eigenvalue weighted by atomic mass is 10.1. The van der Waals surface area contributed by atoms with E-state index in [1.165, 1.54) is 12.1 Å². The first-order valence-electron chi connectivity index (χ1n) is 10.8. The second kappa shape index (κ2) is 12.8. The normalized spacial score (nSPS) is 10.8. The highest BCUT2D eigenvalue weighted by atomic mass is 35.5. The molecule has 0 saturated heterocycles. The number of nitrogens with zero attached hydrogens (tertiary/aromatic N) is 2. The standard InChI is InChI=1S/C26H24Cl2N2O5/c1-3-6-21-11-20(15-29-35-17-18-7-5-8-22(12-18)30(31)32)14-25(33-4-2)26(21)34-16-19-9-10-23(27)24(28)13-19/h3,5,7-15H,1,4,6,16-17H2,2H3/b29-15-. The third kappa shape index (κ3) is 7.47. The topological polar surface area (TPSA) is 83.2 Å². The Morgan fingerprint density at radius 1 is 1.03 bits per heavy atom. The zero-order chi connectivity index (χ0) is 25.2. The summed E-state index contributed by atoms with van der Waals surface area (Å²) < 4.78 is 12.0. The number of nitro groups is 1. The number of hydrogen-bond acceptors (Lipinski definition) is 6. The summed E-state index contributed by atoms with van der Waals surface area (Å²) in [5, 5.41) is 15.9. The van der Waals surface area contributed by atoms with Crippen molar-refractivity contribution < 1.29 is 19.2 Å². The van der Waals surface area contributed by atoms with Crippen molar-refractivity contribution in [2.45, 2.75) is 26.6 Å². The highest BCUT2D eigenvalue weighted by Crippen LogP contribution is 2.34. The molecular formula is C26H24Cl2N2O5. The van der Waals surface area contributed by atoms with E-state index < -0.39 is 4.92 Å².